The highest BCUT2D eigenvalue weighted by Crippen LogP contribution is 2.25. The predicted octanol–water partition coefficient (Wildman–Crippen LogP) is 5.78. The summed E-state index contributed by atoms with van der Waals surface area (Å²) in [5.74, 6) is 1.07. The van der Waals surface area contributed by atoms with Gasteiger partial charge in [0, 0.05) is 0 Å². The van der Waals surface area contributed by atoms with Crippen molar-refractivity contribution in [2.75, 3.05) is 19.6 Å². The average Bonchev–Trinajstić information content (AvgIpc) is 2.47. The minimum Gasteiger partial charge on any atom is -0.303 e. The second-order valence-electron chi connectivity index (χ2n) is 7.32. The van der Waals surface area contributed by atoms with Crippen molar-refractivity contribution >= 4 is 0 Å². The molecule has 0 spiro atoms. The van der Waals surface area contributed by atoms with Gasteiger partial charge >= 0.3 is 0 Å². The van der Waals surface area contributed by atoms with Crippen molar-refractivity contribution in [3.05, 3.63) is 0 Å². The van der Waals surface area contributed by atoms with Gasteiger partial charge in [-0.1, -0.05) is 77.0 Å². The van der Waals surface area contributed by atoms with E-state index in [1.807, 2.05) is 0 Å². The molecule has 1 nitrogen and oxygen atoms in total. The van der Waals surface area contributed by atoms with E-state index in [9.17, 15) is 0 Å². The van der Waals surface area contributed by atoms with Crippen LogP contribution in [0.25, 0.3) is 0 Å². The van der Waals surface area contributed by atoms with Crippen molar-refractivity contribution < 1.29 is 0 Å². The Morgan fingerprint density at radius 2 is 0.750 bits per heavy atom. The zero-order valence-corrected chi connectivity index (χ0v) is 13.8. The fourth-order valence-corrected chi connectivity index (χ4v) is 4.13. The van der Waals surface area contributed by atoms with Crippen LogP contribution in [0, 0.1) is 5.92 Å². The van der Waals surface area contributed by atoms with Crippen LogP contribution < -0.4 is 0 Å². The molecule has 0 aromatic rings. The van der Waals surface area contributed by atoms with Crippen molar-refractivity contribution in [2.45, 2.75) is 96.3 Å². The van der Waals surface area contributed by atoms with E-state index >= 15 is 0 Å². The van der Waals surface area contributed by atoms with Crippen LogP contribution in [0.4, 0.5) is 0 Å². The van der Waals surface area contributed by atoms with Crippen molar-refractivity contribution in [1.82, 2.24) is 4.90 Å². The molecule has 3 heterocycles. The van der Waals surface area contributed by atoms with Gasteiger partial charge in [-0.3, -0.25) is 0 Å². The van der Waals surface area contributed by atoms with Crippen LogP contribution in [0.1, 0.15) is 96.3 Å². The van der Waals surface area contributed by atoms with Gasteiger partial charge < -0.3 is 4.90 Å². The van der Waals surface area contributed by atoms with Gasteiger partial charge in [0.1, 0.15) is 0 Å². The number of nitrogens with zero attached hydrogens (tertiary/aromatic N) is 1. The Morgan fingerprint density at radius 3 is 1.15 bits per heavy atom. The minimum absolute atomic E-state index is 1.07. The van der Waals surface area contributed by atoms with Crippen LogP contribution in [-0.4, -0.2) is 24.5 Å². The maximum Gasteiger partial charge on any atom is -0.00187 e. The zero-order chi connectivity index (χ0) is 13.9. The van der Waals surface area contributed by atoms with Gasteiger partial charge in [0.2, 0.25) is 0 Å². The smallest absolute Gasteiger partial charge is 0.00187 e. The van der Waals surface area contributed by atoms with Crippen LogP contribution in [0.3, 0.4) is 0 Å². The number of hydrogen-bond acceptors (Lipinski definition) is 1. The van der Waals surface area contributed by atoms with E-state index in [1.54, 1.807) is 0 Å². The van der Waals surface area contributed by atoms with Crippen LogP contribution in [0.15, 0.2) is 0 Å². The van der Waals surface area contributed by atoms with Crippen LogP contribution in [0.2, 0.25) is 0 Å². The molecule has 0 atom stereocenters. The highest BCUT2D eigenvalue weighted by molar-refractivity contribution is 4.66. The Balaban J connectivity index is 1.89. The molecule has 3 aliphatic rings. The molecular formula is C19H37N. The normalized spacial score (nSPS) is 32.4. The van der Waals surface area contributed by atoms with Gasteiger partial charge in [0.05, 0.1) is 0 Å². The van der Waals surface area contributed by atoms with Gasteiger partial charge in [-0.2, -0.15) is 0 Å². The molecule has 0 unspecified atom stereocenters. The van der Waals surface area contributed by atoms with Crippen molar-refractivity contribution in [3.8, 4) is 0 Å². The lowest BCUT2D eigenvalue weighted by Gasteiger charge is -2.24. The lowest BCUT2D eigenvalue weighted by atomic mass is 9.89. The number of rotatable bonds is 0. The fraction of sp³-hybridized carbons (Fsp3) is 1.00. The van der Waals surface area contributed by atoms with Gasteiger partial charge in [-0.25, -0.2) is 0 Å². The number of fused-ring (bicyclic) bond motifs is 15. The Hall–Kier alpha value is -0.0400. The molecule has 3 fully saturated rings. The Kier molecular flexibility index (Phi) is 8.70. The standard InChI is InChI=1S/C19H37N/c1-4-10-16-20-17-11-5-2-8-14-19(13-7-1)15-9-3-6-12-18-20/h19H,1-18H2. The van der Waals surface area contributed by atoms with Crippen molar-refractivity contribution in [2.24, 2.45) is 5.92 Å². The molecule has 1 heteroatoms. The van der Waals surface area contributed by atoms with E-state index in [0.717, 1.165) is 5.92 Å². The first-order valence-corrected chi connectivity index (χ1v) is 9.67. The maximum atomic E-state index is 2.78. The molecule has 0 amide bonds. The highest BCUT2D eigenvalue weighted by Gasteiger charge is 2.11. The van der Waals surface area contributed by atoms with E-state index in [-0.39, 0.29) is 0 Å². The van der Waals surface area contributed by atoms with Crippen molar-refractivity contribution in [3.63, 3.8) is 0 Å². The summed E-state index contributed by atoms with van der Waals surface area (Å²) >= 11 is 0. The quantitative estimate of drug-likeness (QED) is 0.543. The molecule has 3 aliphatic heterocycles. The summed E-state index contributed by atoms with van der Waals surface area (Å²) in [5.41, 5.74) is 0. The average molecular weight is 280 g/mol. The Labute approximate surface area is 127 Å². The highest BCUT2D eigenvalue weighted by atomic mass is 15.1. The van der Waals surface area contributed by atoms with E-state index in [0.29, 0.717) is 0 Å². The van der Waals surface area contributed by atoms with Crippen molar-refractivity contribution in [1.29, 1.82) is 0 Å². The first kappa shape index (κ1) is 16.3. The summed E-state index contributed by atoms with van der Waals surface area (Å²) in [6, 6.07) is 0. The van der Waals surface area contributed by atoms with Gasteiger partial charge in [0.15, 0.2) is 0 Å². The number of hydrogen-bond donors (Lipinski definition) is 0. The summed E-state index contributed by atoms with van der Waals surface area (Å²) in [7, 11) is 0. The third kappa shape index (κ3) is 7.11. The monoisotopic (exact) mass is 279 g/mol. The molecule has 3 rings (SSSR count). The van der Waals surface area contributed by atoms with Gasteiger partial charge in [0.25, 0.3) is 0 Å². The fourth-order valence-electron chi connectivity index (χ4n) is 4.13. The van der Waals surface area contributed by atoms with Gasteiger partial charge in [-0.15, -0.1) is 0 Å². The van der Waals surface area contributed by atoms with Crippen LogP contribution in [-0.2, 0) is 0 Å². The molecular weight excluding hydrogens is 242 g/mol. The van der Waals surface area contributed by atoms with Gasteiger partial charge in [-0.05, 0) is 44.8 Å². The van der Waals surface area contributed by atoms with E-state index in [2.05, 4.69) is 4.90 Å². The Bertz CT molecular complexity index is 164. The van der Waals surface area contributed by atoms with E-state index in [1.165, 1.54) is 116 Å². The second kappa shape index (κ2) is 10.7. The lowest BCUT2D eigenvalue weighted by Crippen LogP contribution is -2.27. The molecule has 0 radical (unpaired) electrons. The molecule has 0 aliphatic carbocycles. The molecule has 0 N–H and O–H groups in total. The molecule has 3 saturated heterocycles. The third-order valence-corrected chi connectivity index (χ3v) is 5.51. The molecule has 0 saturated carbocycles. The first-order valence-electron chi connectivity index (χ1n) is 9.67. The summed E-state index contributed by atoms with van der Waals surface area (Å²) in [6.07, 6.45) is 22.4. The molecule has 118 valence electrons. The first-order chi connectivity index (χ1) is 9.95. The summed E-state index contributed by atoms with van der Waals surface area (Å²) in [6.45, 7) is 4.14. The maximum absolute atomic E-state index is 2.78. The van der Waals surface area contributed by atoms with E-state index < -0.39 is 0 Å². The van der Waals surface area contributed by atoms with Crippen LogP contribution in [0.5, 0.6) is 0 Å². The molecule has 2 bridgehead atoms. The summed E-state index contributed by atoms with van der Waals surface area (Å²) < 4.78 is 0. The second-order valence-corrected chi connectivity index (χ2v) is 7.32. The minimum atomic E-state index is 1.07. The van der Waals surface area contributed by atoms with Crippen LogP contribution >= 0.6 is 0 Å². The molecule has 0 aromatic carbocycles. The topological polar surface area (TPSA) is 3.24 Å². The SMILES string of the molecule is C1CCCN2CCCCCCC(CC1)CCCCCC2. The van der Waals surface area contributed by atoms with E-state index in [4.69, 9.17) is 0 Å². The lowest BCUT2D eigenvalue weighted by molar-refractivity contribution is 0.247. The largest absolute Gasteiger partial charge is 0.303 e. The molecule has 0 aromatic heterocycles. The summed E-state index contributed by atoms with van der Waals surface area (Å²) in [5, 5.41) is 0. The third-order valence-electron chi connectivity index (χ3n) is 5.51. The molecule has 20 heavy (non-hydrogen) atoms. The summed E-state index contributed by atoms with van der Waals surface area (Å²) in [4.78, 5) is 2.78. The zero-order valence-electron chi connectivity index (χ0n) is 13.8. The predicted molar refractivity (Wildman–Crippen MR) is 89.2 cm³/mol. The Morgan fingerprint density at radius 1 is 0.400 bits per heavy atom.